The Bertz CT molecular complexity index is 1720. The third-order valence-corrected chi connectivity index (χ3v) is 9.90. The van der Waals surface area contributed by atoms with Gasteiger partial charge in [0, 0.05) is 12.1 Å². The van der Waals surface area contributed by atoms with Gasteiger partial charge in [-0.15, -0.1) is 0 Å². The third kappa shape index (κ3) is 10.2. The molecule has 0 spiro atoms. The number of fused-ring (bicyclic) bond motifs is 4. The average molecular weight is 694 g/mol. The lowest BCUT2D eigenvalue weighted by atomic mass is 9.86. The SMILES string of the molecule is CC(C)(C)c1cccc2c1OCO2.CC(C)C1COc2ccccc2C1.CC(C)c1ccc2c(c1)CNCC2.CC(C)c1ccc2c(c1)OCO2. The molecule has 51 heavy (non-hydrogen) atoms. The van der Waals surface area contributed by atoms with Gasteiger partial charge in [-0.3, -0.25) is 0 Å². The number of benzene rings is 4. The zero-order chi connectivity index (χ0) is 36.5. The van der Waals surface area contributed by atoms with Crippen molar-refractivity contribution in [3.63, 3.8) is 0 Å². The number of nitrogens with one attached hydrogen (secondary N) is 1. The monoisotopic (exact) mass is 693 g/mol. The summed E-state index contributed by atoms with van der Waals surface area (Å²) in [5, 5.41) is 3.41. The van der Waals surface area contributed by atoms with E-state index in [1.807, 2.05) is 30.3 Å². The van der Waals surface area contributed by atoms with Crippen molar-refractivity contribution in [3.05, 3.63) is 112 Å². The molecule has 0 bridgehead atoms. The second-order valence-corrected chi connectivity index (χ2v) is 15.8. The van der Waals surface area contributed by atoms with Crippen LogP contribution in [0.1, 0.15) is 108 Å². The van der Waals surface area contributed by atoms with E-state index in [1.54, 1.807) is 0 Å². The fourth-order valence-electron chi connectivity index (χ4n) is 6.43. The summed E-state index contributed by atoms with van der Waals surface area (Å²) in [4.78, 5) is 0. The Kier molecular flexibility index (Phi) is 13.0. The summed E-state index contributed by atoms with van der Waals surface area (Å²) in [6.45, 7) is 23.6. The molecule has 0 radical (unpaired) electrons. The van der Waals surface area contributed by atoms with Crippen molar-refractivity contribution in [1.82, 2.24) is 5.32 Å². The summed E-state index contributed by atoms with van der Waals surface area (Å²) in [7, 11) is 0. The number of ether oxygens (including phenoxy) is 5. The lowest BCUT2D eigenvalue weighted by Crippen LogP contribution is -2.24. The predicted molar refractivity (Wildman–Crippen MR) is 208 cm³/mol. The predicted octanol–water partition coefficient (Wildman–Crippen LogP) is 10.6. The Balaban J connectivity index is 0.000000132. The molecule has 6 nitrogen and oxygen atoms in total. The molecule has 4 aliphatic rings. The van der Waals surface area contributed by atoms with Crippen molar-refractivity contribution < 1.29 is 23.7 Å². The zero-order valence-electron chi connectivity index (χ0n) is 32.3. The minimum absolute atomic E-state index is 0.110. The molecule has 0 aliphatic carbocycles. The van der Waals surface area contributed by atoms with E-state index in [0.717, 1.165) is 48.4 Å². The molecule has 4 aromatic rings. The minimum atomic E-state index is 0.110. The molecule has 6 heteroatoms. The first kappa shape index (κ1) is 38.1. The molecular formula is C45H59NO5. The minimum Gasteiger partial charge on any atom is -0.493 e. The van der Waals surface area contributed by atoms with E-state index in [1.165, 1.54) is 46.2 Å². The lowest BCUT2D eigenvalue weighted by Gasteiger charge is -2.27. The number of rotatable bonds is 3. The molecule has 1 atom stereocenters. The standard InChI is InChI=1S/C12H17N.C12H16O.C11H14O2.C10H12O2/c1-9(2)11-4-3-10-5-6-13-8-12(10)7-11;1-9(2)11-7-10-5-3-4-6-12(10)13-8-11;1-11(2,3)8-5-4-6-9-10(8)13-7-12-9;1-7(2)8-3-4-9-10(5-8)12-6-11-9/h3-4,7,9,13H,5-6,8H2,1-2H3;3-6,9,11H,7-8H2,1-2H3;4-6H,7H2,1-3H3;3-5,7H,6H2,1-2H3. The summed E-state index contributed by atoms with van der Waals surface area (Å²) in [6.07, 6.45) is 2.36. The van der Waals surface area contributed by atoms with Gasteiger partial charge in [-0.2, -0.15) is 0 Å². The van der Waals surface area contributed by atoms with Crippen molar-refractivity contribution in [1.29, 1.82) is 0 Å². The summed E-state index contributed by atoms with van der Waals surface area (Å²) in [5.41, 5.74) is 8.47. The largest absolute Gasteiger partial charge is 0.493 e. The first-order valence-corrected chi connectivity index (χ1v) is 18.7. The first-order chi connectivity index (χ1) is 24.4. The van der Waals surface area contributed by atoms with Crippen molar-refractivity contribution in [2.24, 2.45) is 11.8 Å². The van der Waals surface area contributed by atoms with Gasteiger partial charge in [-0.25, -0.2) is 0 Å². The molecule has 4 aliphatic heterocycles. The number of hydrogen-bond donors (Lipinski definition) is 1. The van der Waals surface area contributed by atoms with Gasteiger partial charge in [0.1, 0.15) is 5.75 Å². The average Bonchev–Trinajstić information content (AvgIpc) is 3.81. The molecule has 8 rings (SSSR count). The van der Waals surface area contributed by atoms with Gasteiger partial charge in [0.05, 0.1) is 6.61 Å². The number of para-hydroxylation sites is 2. The van der Waals surface area contributed by atoms with Gasteiger partial charge in [0.2, 0.25) is 13.6 Å². The topological polar surface area (TPSA) is 58.2 Å². The van der Waals surface area contributed by atoms with Crippen LogP contribution in [0.3, 0.4) is 0 Å². The van der Waals surface area contributed by atoms with Crippen LogP contribution in [0.2, 0.25) is 0 Å². The van der Waals surface area contributed by atoms with Crippen LogP contribution in [0.25, 0.3) is 0 Å². The van der Waals surface area contributed by atoms with Gasteiger partial charge in [0.15, 0.2) is 23.0 Å². The molecule has 0 amide bonds. The fraction of sp³-hybridized carbons (Fsp3) is 0.467. The van der Waals surface area contributed by atoms with E-state index >= 15 is 0 Å². The highest BCUT2D eigenvalue weighted by atomic mass is 16.7. The maximum Gasteiger partial charge on any atom is 0.231 e. The van der Waals surface area contributed by atoms with Crippen molar-refractivity contribution in [2.45, 2.75) is 99.0 Å². The Morgan fingerprint density at radius 3 is 2.02 bits per heavy atom. The van der Waals surface area contributed by atoms with Crippen LogP contribution in [0.15, 0.2) is 78.9 Å². The molecule has 4 heterocycles. The normalized spacial score (nSPS) is 16.4. The van der Waals surface area contributed by atoms with Crippen LogP contribution in [-0.4, -0.2) is 26.7 Å². The van der Waals surface area contributed by atoms with E-state index in [9.17, 15) is 0 Å². The quantitative estimate of drug-likeness (QED) is 0.231. The lowest BCUT2D eigenvalue weighted by molar-refractivity contribution is 0.172. The van der Waals surface area contributed by atoms with E-state index in [-0.39, 0.29) is 5.41 Å². The van der Waals surface area contributed by atoms with Gasteiger partial charge in [0.25, 0.3) is 0 Å². The van der Waals surface area contributed by atoms with E-state index in [0.29, 0.717) is 37.3 Å². The van der Waals surface area contributed by atoms with Gasteiger partial charge < -0.3 is 29.0 Å². The van der Waals surface area contributed by atoms with E-state index < -0.39 is 0 Å². The van der Waals surface area contributed by atoms with Crippen molar-refractivity contribution >= 4 is 0 Å². The second-order valence-electron chi connectivity index (χ2n) is 15.8. The summed E-state index contributed by atoms with van der Waals surface area (Å²) in [5.74, 6) is 7.19. The highest BCUT2D eigenvalue weighted by molar-refractivity contribution is 5.51. The van der Waals surface area contributed by atoms with Crippen LogP contribution in [0.4, 0.5) is 0 Å². The smallest absolute Gasteiger partial charge is 0.231 e. The molecule has 0 saturated heterocycles. The van der Waals surface area contributed by atoms with E-state index in [2.05, 4.69) is 116 Å². The first-order valence-electron chi connectivity index (χ1n) is 18.7. The Labute approximate surface area is 306 Å². The van der Waals surface area contributed by atoms with E-state index in [4.69, 9.17) is 23.7 Å². The molecule has 1 N–H and O–H groups in total. The number of hydrogen-bond acceptors (Lipinski definition) is 6. The highest BCUT2D eigenvalue weighted by Gasteiger charge is 2.25. The van der Waals surface area contributed by atoms with Crippen LogP contribution < -0.4 is 29.0 Å². The van der Waals surface area contributed by atoms with Crippen LogP contribution in [-0.2, 0) is 24.8 Å². The molecule has 274 valence electrons. The Morgan fingerprint density at radius 1 is 0.608 bits per heavy atom. The van der Waals surface area contributed by atoms with Crippen LogP contribution in [0, 0.1) is 11.8 Å². The van der Waals surface area contributed by atoms with Gasteiger partial charge in [-0.1, -0.05) is 117 Å². The van der Waals surface area contributed by atoms with Crippen molar-refractivity contribution in [3.8, 4) is 28.7 Å². The zero-order valence-corrected chi connectivity index (χ0v) is 32.3. The van der Waals surface area contributed by atoms with Crippen molar-refractivity contribution in [2.75, 3.05) is 26.7 Å². The molecular weight excluding hydrogens is 634 g/mol. The van der Waals surface area contributed by atoms with Crippen LogP contribution >= 0.6 is 0 Å². The molecule has 4 aromatic carbocycles. The maximum absolute atomic E-state index is 5.70. The second kappa shape index (κ2) is 17.4. The maximum atomic E-state index is 5.70. The van der Waals surface area contributed by atoms with Crippen LogP contribution in [0.5, 0.6) is 28.7 Å². The third-order valence-electron chi connectivity index (χ3n) is 9.90. The van der Waals surface area contributed by atoms with Gasteiger partial charge >= 0.3 is 0 Å². The molecule has 0 saturated carbocycles. The Morgan fingerprint density at radius 2 is 1.27 bits per heavy atom. The summed E-state index contributed by atoms with van der Waals surface area (Å²) in [6, 6.07) is 27.4. The van der Waals surface area contributed by atoms with Gasteiger partial charge in [-0.05, 0) is 101 Å². The fourth-order valence-corrected chi connectivity index (χ4v) is 6.43. The summed E-state index contributed by atoms with van der Waals surface area (Å²) >= 11 is 0. The molecule has 1 unspecified atom stereocenters. The molecule has 0 fully saturated rings. The highest BCUT2D eigenvalue weighted by Crippen LogP contribution is 2.41. The summed E-state index contributed by atoms with van der Waals surface area (Å²) < 4.78 is 26.9. The Hall–Kier alpha value is -4.16. The molecule has 0 aromatic heterocycles.